The average molecular weight is 342 g/mol. The largest absolute Gasteiger partial charge is 0.385 e. The number of rotatable bonds is 4. The van der Waals surface area contributed by atoms with Gasteiger partial charge in [0.2, 0.25) is 0 Å². The first-order valence-electron chi connectivity index (χ1n) is 8.81. The minimum atomic E-state index is -0.830. The highest BCUT2D eigenvalue weighted by Crippen LogP contribution is 2.32. The summed E-state index contributed by atoms with van der Waals surface area (Å²) in [5.41, 5.74) is 3.30. The number of aliphatic hydroxyl groups is 1. The second-order valence-electron chi connectivity index (χ2n) is 6.78. The molecule has 0 spiro atoms. The minimum absolute atomic E-state index is 0.0612. The van der Waals surface area contributed by atoms with E-state index >= 15 is 0 Å². The van der Waals surface area contributed by atoms with E-state index in [4.69, 9.17) is 0 Å². The third kappa shape index (κ3) is 3.85. The van der Waals surface area contributed by atoms with Crippen molar-refractivity contribution in [2.75, 3.05) is 19.6 Å². The van der Waals surface area contributed by atoms with Crippen molar-refractivity contribution in [1.82, 2.24) is 20.4 Å². The summed E-state index contributed by atoms with van der Waals surface area (Å²) in [4.78, 5) is 14.1. The van der Waals surface area contributed by atoms with Crippen molar-refractivity contribution >= 4 is 6.03 Å². The fraction of sp³-hybridized carbons (Fsp3) is 0.474. The molecule has 1 aliphatic rings. The van der Waals surface area contributed by atoms with Gasteiger partial charge in [-0.25, -0.2) is 4.79 Å². The van der Waals surface area contributed by atoms with Gasteiger partial charge in [-0.2, -0.15) is 5.10 Å². The predicted octanol–water partition coefficient (Wildman–Crippen LogP) is 2.26. The summed E-state index contributed by atoms with van der Waals surface area (Å²) in [5.74, 6) is 0. The summed E-state index contributed by atoms with van der Waals surface area (Å²) in [7, 11) is 0. The average Bonchev–Trinajstić information content (AvgIpc) is 2.95. The van der Waals surface area contributed by atoms with Crippen molar-refractivity contribution in [1.29, 1.82) is 0 Å². The van der Waals surface area contributed by atoms with Gasteiger partial charge in [0, 0.05) is 25.3 Å². The monoisotopic (exact) mass is 342 g/mol. The SMILES string of the molecule is Cc1n[nH]c(C)c1CCNC(=O)N1CCC(O)(c2ccccc2)CC1. The minimum Gasteiger partial charge on any atom is -0.385 e. The van der Waals surface area contributed by atoms with Gasteiger partial charge in [0.15, 0.2) is 0 Å². The Labute approximate surface area is 148 Å². The first kappa shape index (κ1) is 17.5. The van der Waals surface area contributed by atoms with Crippen LogP contribution < -0.4 is 5.32 Å². The van der Waals surface area contributed by atoms with Gasteiger partial charge in [-0.3, -0.25) is 5.10 Å². The van der Waals surface area contributed by atoms with E-state index in [9.17, 15) is 9.90 Å². The number of nitrogens with zero attached hydrogens (tertiary/aromatic N) is 2. The molecule has 2 heterocycles. The van der Waals surface area contributed by atoms with Gasteiger partial charge >= 0.3 is 6.03 Å². The normalized spacial score (nSPS) is 16.7. The molecule has 3 N–H and O–H groups in total. The van der Waals surface area contributed by atoms with E-state index in [1.54, 1.807) is 4.90 Å². The number of carbonyl (C=O) groups is 1. The summed E-state index contributed by atoms with van der Waals surface area (Å²) in [5, 5.41) is 20.9. The van der Waals surface area contributed by atoms with Gasteiger partial charge in [0.1, 0.15) is 0 Å². The number of H-pyrrole nitrogens is 1. The molecule has 1 fully saturated rings. The fourth-order valence-corrected chi connectivity index (χ4v) is 3.47. The molecule has 0 saturated carbocycles. The lowest BCUT2D eigenvalue weighted by atomic mass is 9.84. The number of nitrogens with one attached hydrogen (secondary N) is 2. The molecule has 134 valence electrons. The number of aromatic amines is 1. The van der Waals surface area contributed by atoms with Crippen molar-refractivity contribution in [2.24, 2.45) is 0 Å². The number of likely N-dealkylation sites (tertiary alicyclic amines) is 1. The smallest absolute Gasteiger partial charge is 0.317 e. The highest BCUT2D eigenvalue weighted by atomic mass is 16.3. The lowest BCUT2D eigenvalue weighted by Crippen LogP contribution is -2.49. The van der Waals surface area contributed by atoms with Crippen LogP contribution in [-0.2, 0) is 12.0 Å². The van der Waals surface area contributed by atoms with Gasteiger partial charge in [0.25, 0.3) is 0 Å². The van der Waals surface area contributed by atoms with Gasteiger partial charge in [-0.05, 0) is 44.2 Å². The summed E-state index contributed by atoms with van der Waals surface area (Å²) in [6.07, 6.45) is 1.89. The number of benzene rings is 1. The summed E-state index contributed by atoms with van der Waals surface area (Å²) in [6.45, 7) is 5.66. The quantitative estimate of drug-likeness (QED) is 0.797. The molecule has 2 amide bonds. The molecule has 0 bridgehead atoms. The van der Waals surface area contributed by atoms with Crippen LogP contribution in [-0.4, -0.2) is 45.9 Å². The Bertz CT molecular complexity index is 699. The number of hydrogen-bond acceptors (Lipinski definition) is 3. The highest BCUT2D eigenvalue weighted by molar-refractivity contribution is 5.74. The predicted molar refractivity (Wildman–Crippen MR) is 96.3 cm³/mol. The van der Waals surface area contributed by atoms with Gasteiger partial charge in [-0.15, -0.1) is 0 Å². The molecule has 1 aromatic carbocycles. The molecule has 6 nitrogen and oxygen atoms in total. The molecule has 0 radical (unpaired) electrons. The molecule has 25 heavy (non-hydrogen) atoms. The van der Waals surface area contributed by atoms with E-state index in [0.29, 0.717) is 32.5 Å². The topological polar surface area (TPSA) is 81.2 Å². The lowest BCUT2D eigenvalue weighted by Gasteiger charge is -2.38. The van der Waals surface area contributed by atoms with Crippen molar-refractivity contribution in [3.05, 3.63) is 52.8 Å². The standard InChI is InChI=1S/C19H26N4O2/c1-14-17(15(2)22-21-14)8-11-20-18(24)23-12-9-19(25,10-13-23)16-6-4-3-5-7-16/h3-7,25H,8-13H2,1-2H3,(H,20,24)(H,21,22). The zero-order valence-electron chi connectivity index (χ0n) is 14.9. The van der Waals surface area contributed by atoms with Crippen LogP contribution in [0.3, 0.4) is 0 Å². The zero-order chi connectivity index (χ0) is 17.9. The molecule has 6 heteroatoms. The molecule has 1 saturated heterocycles. The maximum atomic E-state index is 12.4. The first-order valence-corrected chi connectivity index (χ1v) is 8.81. The number of aryl methyl sites for hydroxylation is 2. The maximum absolute atomic E-state index is 12.4. The van der Waals surface area contributed by atoms with Crippen LogP contribution in [0.5, 0.6) is 0 Å². The second-order valence-corrected chi connectivity index (χ2v) is 6.78. The number of urea groups is 1. The number of amides is 2. The summed E-state index contributed by atoms with van der Waals surface area (Å²) in [6, 6.07) is 9.66. The Morgan fingerprint density at radius 3 is 2.56 bits per heavy atom. The van der Waals surface area contributed by atoms with Crippen molar-refractivity contribution in [3.8, 4) is 0 Å². The van der Waals surface area contributed by atoms with Crippen molar-refractivity contribution < 1.29 is 9.90 Å². The van der Waals surface area contributed by atoms with Crippen LogP contribution >= 0.6 is 0 Å². The van der Waals surface area contributed by atoms with E-state index in [1.165, 1.54) is 0 Å². The van der Waals surface area contributed by atoms with Crippen LogP contribution in [0.25, 0.3) is 0 Å². The Hall–Kier alpha value is -2.34. The number of hydrogen-bond donors (Lipinski definition) is 3. The Morgan fingerprint density at radius 2 is 1.96 bits per heavy atom. The van der Waals surface area contributed by atoms with Crippen molar-refractivity contribution in [3.63, 3.8) is 0 Å². The third-order valence-corrected chi connectivity index (χ3v) is 5.12. The number of carbonyl (C=O) groups excluding carboxylic acids is 1. The molecule has 0 atom stereocenters. The summed E-state index contributed by atoms with van der Waals surface area (Å²) < 4.78 is 0. The van der Waals surface area contributed by atoms with E-state index in [1.807, 2.05) is 44.2 Å². The van der Waals surface area contributed by atoms with Crippen LogP contribution in [0.4, 0.5) is 4.79 Å². The Kier molecular flexibility index (Phi) is 5.08. The number of aromatic nitrogens is 2. The second kappa shape index (κ2) is 7.27. The molecule has 1 aliphatic heterocycles. The van der Waals surface area contributed by atoms with Gasteiger partial charge < -0.3 is 15.3 Å². The Balaban J connectivity index is 1.49. The third-order valence-electron chi connectivity index (χ3n) is 5.12. The molecule has 3 rings (SSSR count). The highest BCUT2D eigenvalue weighted by Gasteiger charge is 2.35. The molecule has 1 aromatic heterocycles. The van der Waals surface area contributed by atoms with Crippen LogP contribution in [0.1, 0.15) is 35.4 Å². The Morgan fingerprint density at radius 1 is 1.28 bits per heavy atom. The fourth-order valence-electron chi connectivity index (χ4n) is 3.47. The number of piperidine rings is 1. The molecular formula is C19H26N4O2. The van der Waals surface area contributed by atoms with E-state index in [2.05, 4.69) is 15.5 Å². The van der Waals surface area contributed by atoms with Crippen LogP contribution in [0, 0.1) is 13.8 Å². The van der Waals surface area contributed by atoms with E-state index in [-0.39, 0.29) is 6.03 Å². The van der Waals surface area contributed by atoms with E-state index in [0.717, 1.165) is 28.9 Å². The van der Waals surface area contributed by atoms with Crippen LogP contribution in [0.15, 0.2) is 30.3 Å². The molecular weight excluding hydrogens is 316 g/mol. The molecule has 0 unspecified atom stereocenters. The van der Waals surface area contributed by atoms with E-state index < -0.39 is 5.60 Å². The maximum Gasteiger partial charge on any atom is 0.317 e. The van der Waals surface area contributed by atoms with Crippen LogP contribution in [0.2, 0.25) is 0 Å². The van der Waals surface area contributed by atoms with Gasteiger partial charge in [0.05, 0.1) is 11.3 Å². The molecule has 0 aliphatic carbocycles. The summed E-state index contributed by atoms with van der Waals surface area (Å²) >= 11 is 0. The van der Waals surface area contributed by atoms with Gasteiger partial charge in [-0.1, -0.05) is 30.3 Å². The zero-order valence-corrected chi connectivity index (χ0v) is 14.9. The molecule has 2 aromatic rings. The van der Waals surface area contributed by atoms with Crippen molar-refractivity contribution in [2.45, 2.75) is 38.7 Å². The first-order chi connectivity index (χ1) is 12.0. The lowest BCUT2D eigenvalue weighted by molar-refractivity contribution is -0.0167.